The molecule has 0 N–H and O–H groups in total. The lowest BCUT2D eigenvalue weighted by atomic mass is 9.99. The Bertz CT molecular complexity index is 632. The van der Waals surface area contributed by atoms with Gasteiger partial charge in [0.25, 0.3) is 0 Å². The van der Waals surface area contributed by atoms with Gasteiger partial charge in [0, 0.05) is 0 Å². The van der Waals surface area contributed by atoms with Crippen molar-refractivity contribution in [3.8, 4) is 0 Å². The third-order valence-corrected chi connectivity index (χ3v) is 5.59. The van der Waals surface area contributed by atoms with E-state index in [1.165, 1.54) is 106 Å². The van der Waals surface area contributed by atoms with Crippen LogP contribution in [0.1, 0.15) is 96.0 Å². The van der Waals surface area contributed by atoms with Gasteiger partial charge < -0.3 is 0 Å². The van der Waals surface area contributed by atoms with Crippen molar-refractivity contribution in [1.29, 1.82) is 0 Å². The topological polar surface area (TPSA) is 0 Å². The maximum absolute atomic E-state index is 2.42. The Morgan fingerprint density at radius 2 is 1.19 bits per heavy atom. The summed E-state index contributed by atoms with van der Waals surface area (Å²) in [7, 11) is 0. The highest BCUT2D eigenvalue weighted by Crippen LogP contribution is 2.20. The molecule has 0 bridgehead atoms. The Morgan fingerprint density at radius 3 is 1.93 bits per heavy atom. The van der Waals surface area contributed by atoms with E-state index >= 15 is 0 Å². The van der Waals surface area contributed by atoms with Gasteiger partial charge in [0.1, 0.15) is 0 Å². The van der Waals surface area contributed by atoms with Crippen LogP contribution in [-0.4, -0.2) is 0 Å². The first-order valence-corrected chi connectivity index (χ1v) is 11.5. The fourth-order valence-corrected chi connectivity index (χ4v) is 3.90. The van der Waals surface area contributed by atoms with Gasteiger partial charge in [-0.2, -0.15) is 0 Å². The highest BCUT2D eigenvalue weighted by molar-refractivity contribution is 5.85. The van der Waals surface area contributed by atoms with E-state index in [1.807, 2.05) is 0 Å². The van der Waals surface area contributed by atoms with Crippen LogP contribution in [0.2, 0.25) is 0 Å². The highest BCUT2D eigenvalue weighted by Gasteiger charge is 1.99. The third kappa shape index (κ3) is 9.27. The molecule has 0 aliphatic rings. The van der Waals surface area contributed by atoms with Crippen molar-refractivity contribution >= 4 is 10.8 Å². The number of allylic oxidation sites excluding steroid dienone is 2. The predicted octanol–water partition coefficient (Wildman–Crippen LogP) is 9.03. The van der Waals surface area contributed by atoms with Crippen LogP contribution in [0.4, 0.5) is 0 Å². The fraction of sp³-hybridized carbons (Fsp3) is 0.556. The number of hydrogen-bond acceptors (Lipinski definition) is 0. The van der Waals surface area contributed by atoms with Crippen molar-refractivity contribution in [2.45, 2.75) is 96.8 Å². The van der Waals surface area contributed by atoms with Gasteiger partial charge in [-0.25, -0.2) is 0 Å². The molecule has 0 saturated carbocycles. The summed E-state index contributed by atoms with van der Waals surface area (Å²) in [4.78, 5) is 0. The maximum atomic E-state index is 2.42. The van der Waals surface area contributed by atoms with Crippen molar-refractivity contribution in [3.63, 3.8) is 0 Å². The van der Waals surface area contributed by atoms with E-state index in [2.05, 4.69) is 61.5 Å². The van der Waals surface area contributed by atoms with E-state index < -0.39 is 0 Å². The largest absolute Gasteiger partial charge is 0.0885 e. The van der Waals surface area contributed by atoms with Crippen LogP contribution in [0.5, 0.6) is 0 Å². The standard InChI is InChI=1S/C27H40/c1-2-3-4-5-6-7-8-9-10-11-12-13-14-15-16-20-25-22-19-23-26-21-17-18-24-27(25)26/h11-12,17-19,21-24H,2-10,13-16,20H2,1H3/b12-11+. The molecule has 0 saturated heterocycles. The zero-order valence-electron chi connectivity index (χ0n) is 17.6. The molecular formula is C27H40. The Balaban J connectivity index is 1.45. The summed E-state index contributed by atoms with van der Waals surface area (Å²) in [5.74, 6) is 0. The molecule has 0 atom stereocenters. The van der Waals surface area contributed by atoms with E-state index in [9.17, 15) is 0 Å². The number of benzene rings is 2. The molecule has 148 valence electrons. The molecule has 2 aromatic carbocycles. The van der Waals surface area contributed by atoms with Crippen molar-refractivity contribution < 1.29 is 0 Å². The lowest BCUT2D eigenvalue weighted by molar-refractivity contribution is 0.577. The number of rotatable bonds is 15. The van der Waals surface area contributed by atoms with Crippen LogP contribution in [0.25, 0.3) is 10.8 Å². The first-order valence-electron chi connectivity index (χ1n) is 11.5. The molecule has 2 rings (SSSR count). The van der Waals surface area contributed by atoms with Crippen LogP contribution in [0.3, 0.4) is 0 Å². The van der Waals surface area contributed by atoms with Gasteiger partial charge in [0.05, 0.1) is 0 Å². The summed E-state index contributed by atoms with van der Waals surface area (Å²) in [6, 6.07) is 15.5. The molecule has 0 nitrogen and oxygen atoms in total. The molecule has 0 heteroatoms. The van der Waals surface area contributed by atoms with Gasteiger partial charge in [-0.15, -0.1) is 0 Å². The fourth-order valence-electron chi connectivity index (χ4n) is 3.90. The van der Waals surface area contributed by atoms with E-state index in [-0.39, 0.29) is 0 Å². The minimum atomic E-state index is 1.21. The summed E-state index contributed by atoms with van der Waals surface area (Å²) >= 11 is 0. The van der Waals surface area contributed by atoms with Crippen LogP contribution in [0.15, 0.2) is 54.6 Å². The van der Waals surface area contributed by atoms with E-state index in [1.54, 1.807) is 0 Å². The molecular weight excluding hydrogens is 324 g/mol. The predicted molar refractivity (Wildman–Crippen MR) is 122 cm³/mol. The van der Waals surface area contributed by atoms with Crippen LogP contribution in [0, 0.1) is 0 Å². The maximum Gasteiger partial charge on any atom is -0.0152 e. The zero-order valence-corrected chi connectivity index (χ0v) is 17.6. The Morgan fingerprint density at radius 1 is 0.593 bits per heavy atom. The normalized spacial score (nSPS) is 11.6. The number of hydrogen-bond donors (Lipinski definition) is 0. The van der Waals surface area contributed by atoms with E-state index in [4.69, 9.17) is 0 Å². The number of unbranched alkanes of at least 4 members (excludes halogenated alkanes) is 11. The minimum absolute atomic E-state index is 1.21. The SMILES string of the molecule is CCCCCCCCCC/C=C/CCCCCc1cccc2ccccc12. The molecule has 0 aliphatic carbocycles. The third-order valence-electron chi connectivity index (χ3n) is 5.59. The summed E-state index contributed by atoms with van der Waals surface area (Å²) in [5.41, 5.74) is 1.51. The number of aryl methyl sites for hydroxylation is 1. The first-order chi connectivity index (χ1) is 13.4. The van der Waals surface area contributed by atoms with Crippen molar-refractivity contribution in [1.82, 2.24) is 0 Å². The Kier molecular flexibility index (Phi) is 11.7. The molecule has 2 aromatic rings. The highest BCUT2D eigenvalue weighted by atomic mass is 14.0. The molecule has 0 amide bonds. The first kappa shape index (κ1) is 21.7. The second-order valence-corrected chi connectivity index (χ2v) is 7.97. The molecule has 0 aromatic heterocycles. The van der Waals surface area contributed by atoms with Crippen LogP contribution in [-0.2, 0) is 6.42 Å². The summed E-state index contributed by atoms with van der Waals surface area (Å²) in [6.45, 7) is 2.29. The molecule has 0 heterocycles. The molecule has 0 aliphatic heterocycles. The lowest BCUT2D eigenvalue weighted by Crippen LogP contribution is -1.88. The van der Waals surface area contributed by atoms with Crippen LogP contribution < -0.4 is 0 Å². The van der Waals surface area contributed by atoms with E-state index in [0.717, 1.165) is 0 Å². The Labute approximate surface area is 168 Å². The van der Waals surface area contributed by atoms with Crippen molar-refractivity contribution in [3.05, 3.63) is 60.2 Å². The summed E-state index contributed by atoms with van der Waals surface area (Å²) in [6.07, 6.45) is 23.9. The van der Waals surface area contributed by atoms with Gasteiger partial charge >= 0.3 is 0 Å². The van der Waals surface area contributed by atoms with Gasteiger partial charge in [-0.1, -0.05) is 113 Å². The average Bonchev–Trinajstić information content (AvgIpc) is 2.71. The molecule has 27 heavy (non-hydrogen) atoms. The smallest absolute Gasteiger partial charge is 0.0152 e. The second kappa shape index (κ2) is 14.5. The minimum Gasteiger partial charge on any atom is -0.0885 e. The molecule has 0 spiro atoms. The molecule has 0 unspecified atom stereocenters. The monoisotopic (exact) mass is 364 g/mol. The zero-order chi connectivity index (χ0) is 19.0. The number of fused-ring (bicyclic) bond motifs is 1. The van der Waals surface area contributed by atoms with Crippen molar-refractivity contribution in [2.24, 2.45) is 0 Å². The van der Waals surface area contributed by atoms with Gasteiger partial charge in [0.2, 0.25) is 0 Å². The van der Waals surface area contributed by atoms with Gasteiger partial charge in [-0.05, 0) is 54.9 Å². The van der Waals surface area contributed by atoms with E-state index in [0.29, 0.717) is 0 Å². The summed E-state index contributed by atoms with van der Waals surface area (Å²) in [5, 5.41) is 2.81. The average molecular weight is 365 g/mol. The molecule has 0 fully saturated rings. The molecule has 0 radical (unpaired) electrons. The van der Waals surface area contributed by atoms with Crippen molar-refractivity contribution in [2.75, 3.05) is 0 Å². The van der Waals surface area contributed by atoms with Gasteiger partial charge in [-0.3, -0.25) is 0 Å². The van der Waals surface area contributed by atoms with Crippen LogP contribution >= 0.6 is 0 Å². The van der Waals surface area contributed by atoms with Gasteiger partial charge in [0.15, 0.2) is 0 Å². The summed E-state index contributed by atoms with van der Waals surface area (Å²) < 4.78 is 0. The lowest BCUT2D eigenvalue weighted by Gasteiger charge is -2.06. The second-order valence-electron chi connectivity index (χ2n) is 7.97. The quantitative estimate of drug-likeness (QED) is 0.218. The Hall–Kier alpha value is -1.56.